The van der Waals surface area contributed by atoms with Crippen LogP contribution < -0.4 is 15.8 Å². The van der Waals surface area contributed by atoms with E-state index in [9.17, 15) is 9.00 Å². The highest BCUT2D eigenvalue weighted by Gasteiger charge is 2.15. The average molecular weight is 491 g/mol. The second-order valence-electron chi connectivity index (χ2n) is 5.57. The Morgan fingerprint density at radius 2 is 2.25 bits per heavy atom. The van der Waals surface area contributed by atoms with Gasteiger partial charge in [-0.05, 0) is 70.9 Å². The molecule has 0 bridgehead atoms. The zero-order valence-electron chi connectivity index (χ0n) is 15.2. The SMILES string of the molecule is CCOC(=O)NS(=O)(=CCCCNc1nc(Cl)ncc1Br)c1cccc(N)c1. The monoisotopic (exact) mass is 489 g/mol. The van der Waals surface area contributed by atoms with Gasteiger partial charge in [-0.25, -0.2) is 18.7 Å². The molecule has 28 heavy (non-hydrogen) atoms. The van der Waals surface area contributed by atoms with Crippen LogP contribution in [0.15, 0.2) is 39.8 Å². The van der Waals surface area contributed by atoms with Crippen LogP contribution >= 0.6 is 27.5 Å². The van der Waals surface area contributed by atoms with Crippen molar-refractivity contribution in [1.29, 1.82) is 0 Å². The fourth-order valence-electron chi connectivity index (χ4n) is 2.21. The molecule has 0 saturated carbocycles. The van der Waals surface area contributed by atoms with Crippen molar-refractivity contribution in [2.24, 2.45) is 0 Å². The molecule has 1 amide bonds. The maximum absolute atomic E-state index is 13.4. The molecule has 0 aliphatic heterocycles. The van der Waals surface area contributed by atoms with Gasteiger partial charge in [-0.1, -0.05) is 6.07 Å². The van der Waals surface area contributed by atoms with Crippen LogP contribution in [0.5, 0.6) is 0 Å². The summed E-state index contributed by atoms with van der Waals surface area (Å²) in [6.45, 7) is 2.40. The number of unbranched alkanes of at least 4 members (excludes halogenated alkanes) is 1. The molecule has 1 aromatic heterocycles. The van der Waals surface area contributed by atoms with Gasteiger partial charge in [0.25, 0.3) is 0 Å². The number of carbonyl (C=O) groups is 1. The van der Waals surface area contributed by atoms with Gasteiger partial charge in [0.15, 0.2) is 0 Å². The maximum atomic E-state index is 13.4. The molecule has 2 rings (SSSR count). The Balaban J connectivity index is 2.08. The molecule has 0 fully saturated rings. The van der Waals surface area contributed by atoms with E-state index >= 15 is 0 Å². The Labute approximate surface area is 177 Å². The first-order valence-corrected chi connectivity index (χ1v) is 11.2. The average Bonchev–Trinajstić information content (AvgIpc) is 2.64. The van der Waals surface area contributed by atoms with Crippen LogP contribution in [0.25, 0.3) is 0 Å². The van der Waals surface area contributed by atoms with Crippen molar-refractivity contribution in [3.63, 3.8) is 0 Å². The molecule has 8 nitrogen and oxygen atoms in total. The molecule has 4 N–H and O–H groups in total. The van der Waals surface area contributed by atoms with E-state index in [0.717, 1.165) is 0 Å². The van der Waals surface area contributed by atoms with Crippen molar-refractivity contribution in [3.05, 3.63) is 40.2 Å². The van der Waals surface area contributed by atoms with Crippen molar-refractivity contribution >= 4 is 60.2 Å². The second kappa shape index (κ2) is 10.5. The van der Waals surface area contributed by atoms with E-state index in [1.165, 1.54) is 0 Å². The zero-order valence-corrected chi connectivity index (χ0v) is 18.3. The van der Waals surface area contributed by atoms with Gasteiger partial charge in [0.05, 0.1) is 25.7 Å². The second-order valence-corrected chi connectivity index (χ2v) is 8.97. The van der Waals surface area contributed by atoms with Gasteiger partial charge in [-0.15, -0.1) is 0 Å². The molecule has 0 spiro atoms. The number of anilines is 2. The van der Waals surface area contributed by atoms with Crippen LogP contribution in [-0.2, 0) is 14.4 Å². The minimum Gasteiger partial charge on any atom is -0.449 e. The Morgan fingerprint density at radius 1 is 1.46 bits per heavy atom. The summed E-state index contributed by atoms with van der Waals surface area (Å²) in [6, 6.07) is 6.59. The van der Waals surface area contributed by atoms with Crippen LogP contribution in [0.2, 0.25) is 5.28 Å². The summed E-state index contributed by atoms with van der Waals surface area (Å²) in [4.78, 5) is 20.2. The smallest absolute Gasteiger partial charge is 0.418 e. The Bertz CT molecular complexity index is 950. The number of hydrogen-bond donors (Lipinski definition) is 3. The van der Waals surface area contributed by atoms with Crippen LogP contribution in [0.4, 0.5) is 16.3 Å². The molecule has 1 unspecified atom stereocenters. The number of amides is 1. The minimum absolute atomic E-state index is 0.139. The van der Waals surface area contributed by atoms with E-state index in [2.05, 4.69) is 35.9 Å². The molecule has 152 valence electrons. The molecule has 1 heterocycles. The molecule has 0 aliphatic carbocycles. The third kappa shape index (κ3) is 6.54. The van der Waals surface area contributed by atoms with Gasteiger partial charge in [0.1, 0.15) is 5.82 Å². The van der Waals surface area contributed by atoms with Gasteiger partial charge in [-0.3, -0.25) is 0 Å². The summed E-state index contributed by atoms with van der Waals surface area (Å²) in [5.41, 5.74) is 6.25. The number of hydrogen-bond acceptors (Lipinski definition) is 7. The molecule has 0 radical (unpaired) electrons. The fourth-order valence-corrected chi connectivity index (χ4v) is 4.47. The van der Waals surface area contributed by atoms with Crippen LogP contribution in [0.3, 0.4) is 0 Å². The molecule has 0 aliphatic rings. The quantitative estimate of drug-likeness (QED) is 0.224. The molecular weight excluding hydrogens is 470 g/mol. The van der Waals surface area contributed by atoms with Gasteiger partial charge < -0.3 is 15.8 Å². The zero-order chi connectivity index (χ0) is 20.6. The standard InChI is InChI=1S/C17H21BrClN5O3S/c1-2-27-17(25)24-28(26,13-7-5-6-12(20)10-13)9-4-3-8-21-15-14(18)11-22-16(19)23-15/h5-7,9-11H,2-4,8,20H2,1H3,(H,21,22,23)(H,24,25,26). The summed E-state index contributed by atoms with van der Waals surface area (Å²) in [5, 5.41) is 4.83. The molecule has 0 saturated heterocycles. The predicted octanol–water partition coefficient (Wildman–Crippen LogP) is 3.47. The van der Waals surface area contributed by atoms with E-state index in [0.29, 0.717) is 40.3 Å². The molecule has 11 heteroatoms. The number of nitrogens with one attached hydrogen (secondary N) is 2. The molecule has 1 aromatic carbocycles. The Kier molecular flexibility index (Phi) is 8.34. The number of rotatable bonds is 8. The van der Waals surface area contributed by atoms with Crippen LogP contribution in [-0.4, -0.2) is 38.8 Å². The van der Waals surface area contributed by atoms with E-state index in [4.69, 9.17) is 22.1 Å². The lowest BCUT2D eigenvalue weighted by Gasteiger charge is -2.14. The normalized spacial score (nSPS) is 12.7. The van der Waals surface area contributed by atoms with Crippen LogP contribution in [0, 0.1) is 0 Å². The molecule has 1 atom stereocenters. The lowest BCUT2D eigenvalue weighted by atomic mass is 10.3. The summed E-state index contributed by atoms with van der Waals surface area (Å²) < 4.78 is 21.4. The van der Waals surface area contributed by atoms with Gasteiger partial charge >= 0.3 is 6.09 Å². The van der Waals surface area contributed by atoms with E-state index in [-0.39, 0.29) is 11.9 Å². The number of benzene rings is 1. The maximum Gasteiger partial charge on any atom is 0.418 e. The number of nitrogen functional groups attached to an aromatic ring is 1. The molecule has 2 aromatic rings. The lowest BCUT2D eigenvalue weighted by Crippen LogP contribution is -2.32. The van der Waals surface area contributed by atoms with E-state index < -0.39 is 15.8 Å². The Morgan fingerprint density at radius 3 is 2.96 bits per heavy atom. The first-order chi connectivity index (χ1) is 13.3. The van der Waals surface area contributed by atoms with Crippen molar-refractivity contribution < 1.29 is 13.7 Å². The van der Waals surface area contributed by atoms with Crippen molar-refractivity contribution in [3.8, 4) is 0 Å². The minimum atomic E-state index is -2.98. The first kappa shape index (κ1) is 22.3. The summed E-state index contributed by atoms with van der Waals surface area (Å²) in [7, 11) is -2.98. The highest BCUT2D eigenvalue weighted by molar-refractivity contribution is 9.10. The number of nitrogens with two attached hydrogens (primary N) is 1. The topological polar surface area (TPSA) is 119 Å². The van der Waals surface area contributed by atoms with E-state index in [1.807, 2.05) is 0 Å². The highest BCUT2D eigenvalue weighted by Crippen LogP contribution is 2.20. The van der Waals surface area contributed by atoms with Crippen molar-refractivity contribution in [1.82, 2.24) is 14.7 Å². The largest absolute Gasteiger partial charge is 0.449 e. The highest BCUT2D eigenvalue weighted by atomic mass is 79.9. The Hall–Kier alpha value is -2.04. The van der Waals surface area contributed by atoms with Crippen molar-refractivity contribution in [2.45, 2.75) is 24.7 Å². The van der Waals surface area contributed by atoms with Crippen molar-refractivity contribution in [2.75, 3.05) is 24.2 Å². The number of nitrogens with zero attached hydrogens (tertiary/aromatic N) is 2. The van der Waals surface area contributed by atoms with Gasteiger partial charge in [0, 0.05) is 18.4 Å². The summed E-state index contributed by atoms with van der Waals surface area (Å²) in [5.74, 6) is 0.571. The lowest BCUT2D eigenvalue weighted by molar-refractivity contribution is 0.159. The molecular formula is C17H21BrClN5O3S. The number of aromatic nitrogens is 2. The fraction of sp³-hybridized carbons (Fsp3) is 0.294. The van der Waals surface area contributed by atoms with Crippen LogP contribution in [0.1, 0.15) is 19.8 Å². The van der Waals surface area contributed by atoms with Gasteiger partial charge in [-0.2, -0.15) is 4.98 Å². The number of ether oxygens (including phenoxy) is 1. The predicted molar refractivity (Wildman–Crippen MR) is 116 cm³/mol. The third-order valence-electron chi connectivity index (χ3n) is 3.46. The first-order valence-electron chi connectivity index (χ1n) is 8.43. The number of halogens is 2. The summed E-state index contributed by atoms with van der Waals surface area (Å²) in [6.07, 6.45) is 1.91. The van der Waals surface area contributed by atoms with E-state index in [1.54, 1.807) is 42.8 Å². The third-order valence-corrected chi connectivity index (χ3v) is 6.35. The summed E-state index contributed by atoms with van der Waals surface area (Å²) >= 11 is 9.12. The van der Waals surface area contributed by atoms with Gasteiger partial charge in [0.2, 0.25) is 5.28 Å². The number of carbonyl (C=O) groups excluding carboxylic acids is 1.